The van der Waals surface area contributed by atoms with Gasteiger partial charge < -0.3 is 31.0 Å². The van der Waals surface area contributed by atoms with Crippen LogP contribution in [0.4, 0.5) is 5.69 Å². The quantitative estimate of drug-likeness (QED) is 0.219. The number of aromatic carboxylic acids is 1. The van der Waals surface area contributed by atoms with Gasteiger partial charge in [0.1, 0.15) is 17.4 Å². The largest absolute Gasteiger partial charge is 0.477 e. The van der Waals surface area contributed by atoms with E-state index in [0.717, 1.165) is 6.20 Å². The molecule has 0 saturated carbocycles. The molecule has 3 rings (SSSR count). The summed E-state index contributed by atoms with van der Waals surface area (Å²) in [5, 5.41) is 16.9. The molecule has 1 aromatic carbocycles. The number of rotatable bonds is 10. The third kappa shape index (κ3) is 10.1. The normalized spacial score (nSPS) is 10.9. The molecule has 3 aromatic rings. The fourth-order valence-corrected chi connectivity index (χ4v) is 3.10. The number of benzene rings is 1. The molecule has 1 atom stereocenters. The molecule has 6 N–H and O–H groups in total. The summed E-state index contributed by atoms with van der Waals surface area (Å²) in [7, 11) is 0. The van der Waals surface area contributed by atoms with E-state index < -0.39 is 23.1 Å². The predicted molar refractivity (Wildman–Crippen MR) is 135 cm³/mol. The Morgan fingerprint density at radius 2 is 1.78 bits per heavy atom. The summed E-state index contributed by atoms with van der Waals surface area (Å²) in [6.07, 6.45) is 7.77. The standard InChI is InChI=1S/C21H25N5O6.C3H4N2/c1-12(27)22-10-4-3-5-17(24-13(2)28)20(30)25-15-8-6-14(7-9-15)18-23-11-16(21(31)32)19(29)26-18;1-2-5-3-4-1/h6-9,11,17H,3-5,10H2,1-2H3,(H,22,27)(H,24,28)(H,25,30)(H,31,32)(H,23,26,29);1-3H,(H,4,5). The van der Waals surface area contributed by atoms with E-state index in [-0.39, 0.29) is 23.5 Å². The smallest absolute Gasteiger partial charge is 0.342 e. The second-order valence-corrected chi connectivity index (χ2v) is 7.84. The van der Waals surface area contributed by atoms with Crippen molar-refractivity contribution in [3.8, 4) is 11.4 Å². The van der Waals surface area contributed by atoms with Crippen molar-refractivity contribution < 1.29 is 24.3 Å². The van der Waals surface area contributed by atoms with Gasteiger partial charge in [-0.15, -0.1) is 0 Å². The first-order chi connectivity index (χ1) is 17.7. The summed E-state index contributed by atoms with van der Waals surface area (Å²) in [6, 6.07) is 5.68. The van der Waals surface area contributed by atoms with E-state index in [9.17, 15) is 24.0 Å². The first-order valence-electron chi connectivity index (χ1n) is 11.4. The third-order valence-corrected chi connectivity index (χ3v) is 4.85. The van der Waals surface area contributed by atoms with Crippen LogP contribution in [0.3, 0.4) is 0 Å². The number of carbonyl (C=O) groups is 4. The molecule has 2 aromatic heterocycles. The van der Waals surface area contributed by atoms with Gasteiger partial charge in [-0.3, -0.25) is 19.2 Å². The van der Waals surface area contributed by atoms with Crippen LogP contribution in [0.1, 0.15) is 43.5 Å². The van der Waals surface area contributed by atoms with Crippen LogP contribution in [0.5, 0.6) is 0 Å². The predicted octanol–water partition coefficient (Wildman–Crippen LogP) is 1.29. The van der Waals surface area contributed by atoms with Crippen LogP contribution in [0.15, 0.2) is 54.0 Å². The molecule has 0 bridgehead atoms. The SMILES string of the molecule is CC(=O)NCCCCC(NC(C)=O)C(=O)Nc1ccc(-c2ncc(C(=O)O)c(=O)[nH]2)cc1.c1c[nH]cn1. The second kappa shape index (κ2) is 14.6. The Balaban J connectivity index is 0.000000856. The molecule has 0 spiro atoms. The van der Waals surface area contributed by atoms with Gasteiger partial charge in [-0.2, -0.15) is 0 Å². The summed E-state index contributed by atoms with van der Waals surface area (Å²) >= 11 is 0. The maximum absolute atomic E-state index is 12.6. The number of carboxylic acid groups (broad SMARTS) is 1. The zero-order valence-corrected chi connectivity index (χ0v) is 20.4. The number of hydrogen-bond acceptors (Lipinski definition) is 7. The number of anilines is 1. The molecule has 196 valence electrons. The van der Waals surface area contributed by atoms with Gasteiger partial charge in [-0.25, -0.2) is 14.8 Å². The van der Waals surface area contributed by atoms with E-state index in [1.54, 1.807) is 43.0 Å². The molecule has 13 heteroatoms. The molecule has 0 aliphatic carbocycles. The first-order valence-corrected chi connectivity index (χ1v) is 11.4. The highest BCUT2D eigenvalue weighted by Gasteiger charge is 2.19. The number of aromatic nitrogens is 4. The molecule has 0 radical (unpaired) electrons. The summed E-state index contributed by atoms with van der Waals surface area (Å²) in [4.78, 5) is 70.5. The lowest BCUT2D eigenvalue weighted by Gasteiger charge is -2.18. The van der Waals surface area contributed by atoms with Crippen molar-refractivity contribution in [2.45, 2.75) is 39.2 Å². The minimum Gasteiger partial charge on any atom is -0.477 e. The molecule has 0 aliphatic rings. The Morgan fingerprint density at radius 1 is 1.05 bits per heavy atom. The van der Waals surface area contributed by atoms with E-state index in [1.807, 2.05) is 0 Å². The highest BCUT2D eigenvalue weighted by molar-refractivity contribution is 5.97. The monoisotopic (exact) mass is 511 g/mol. The van der Waals surface area contributed by atoms with E-state index in [2.05, 4.69) is 35.9 Å². The van der Waals surface area contributed by atoms with Gasteiger partial charge >= 0.3 is 5.97 Å². The number of aromatic amines is 2. The number of H-pyrrole nitrogens is 2. The lowest BCUT2D eigenvalue weighted by Crippen LogP contribution is -2.42. The minimum atomic E-state index is -1.37. The van der Waals surface area contributed by atoms with Crippen LogP contribution in [0.25, 0.3) is 11.4 Å². The van der Waals surface area contributed by atoms with Crippen molar-refractivity contribution in [1.29, 1.82) is 0 Å². The van der Waals surface area contributed by atoms with E-state index in [4.69, 9.17) is 5.11 Å². The summed E-state index contributed by atoms with van der Waals surface area (Å²) in [5.74, 6) is -2.02. The maximum atomic E-state index is 12.6. The van der Waals surface area contributed by atoms with Gasteiger partial charge in [-0.05, 0) is 43.5 Å². The van der Waals surface area contributed by atoms with E-state index >= 15 is 0 Å². The Labute approximate surface area is 212 Å². The Kier molecular flexibility index (Phi) is 11.2. The number of nitrogens with zero attached hydrogens (tertiary/aromatic N) is 2. The Hall–Kier alpha value is -4.81. The molecule has 0 fully saturated rings. The number of imidazole rings is 1. The summed E-state index contributed by atoms with van der Waals surface area (Å²) in [6.45, 7) is 3.25. The second-order valence-electron chi connectivity index (χ2n) is 7.84. The average Bonchev–Trinajstić information content (AvgIpc) is 3.43. The lowest BCUT2D eigenvalue weighted by atomic mass is 10.1. The van der Waals surface area contributed by atoms with Crippen LogP contribution in [0, 0.1) is 0 Å². The topological polar surface area (TPSA) is 199 Å². The van der Waals surface area contributed by atoms with E-state index in [0.29, 0.717) is 37.1 Å². The number of carboxylic acids is 1. The van der Waals surface area contributed by atoms with Crippen LogP contribution < -0.4 is 21.5 Å². The molecular formula is C24H29N7O6. The number of unbranched alkanes of at least 4 members (excludes halogenated alkanes) is 1. The highest BCUT2D eigenvalue weighted by Crippen LogP contribution is 2.17. The average molecular weight is 512 g/mol. The molecule has 2 heterocycles. The fourth-order valence-electron chi connectivity index (χ4n) is 3.10. The summed E-state index contributed by atoms with van der Waals surface area (Å²) in [5.41, 5.74) is -0.236. The van der Waals surface area contributed by atoms with Crippen LogP contribution in [-0.2, 0) is 14.4 Å². The summed E-state index contributed by atoms with van der Waals surface area (Å²) < 4.78 is 0. The molecular weight excluding hydrogens is 482 g/mol. The van der Waals surface area contributed by atoms with Crippen LogP contribution >= 0.6 is 0 Å². The Bertz CT molecular complexity index is 1220. The van der Waals surface area contributed by atoms with Crippen molar-refractivity contribution in [2.75, 3.05) is 11.9 Å². The first kappa shape index (κ1) is 28.4. The van der Waals surface area contributed by atoms with Gasteiger partial charge in [0, 0.05) is 50.2 Å². The van der Waals surface area contributed by atoms with Gasteiger partial charge in [0.25, 0.3) is 5.56 Å². The molecule has 1 unspecified atom stereocenters. The lowest BCUT2D eigenvalue weighted by molar-refractivity contribution is -0.125. The zero-order chi connectivity index (χ0) is 27.2. The van der Waals surface area contributed by atoms with Gasteiger partial charge in [0.15, 0.2) is 0 Å². The molecule has 0 aliphatic heterocycles. The van der Waals surface area contributed by atoms with Crippen molar-refractivity contribution in [3.05, 3.63) is 65.1 Å². The molecule has 37 heavy (non-hydrogen) atoms. The number of hydrogen-bond donors (Lipinski definition) is 6. The molecule has 0 saturated heterocycles. The van der Waals surface area contributed by atoms with Crippen molar-refractivity contribution in [1.82, 2.24) is 30.6 Å². The van der Waals surface area contributed by atoms with E-state index in [1.165, 1.54) is 13.8 Å². The van der Waals surface area contributed by atoms with Crippen LogP contribution in [0.2, 0.25) is 0 Å². The van der Waals surface area contributed by atoms with Gasteiger partial charge in [0.2, 0.25) is 17.7 Å². The van der Waals surface area contributed by atoms with Crippen molar-refractivity contribution in [2.24, 2.45) is 0 Å². The number of carbonyl (C=O) groups excluding carboxylic acids is 3. The van der Waals surface area contributed by atoms with Crippen molar-refractivity contribution >= 4 is 29.4 Å². The number of nitrogens with one attached hydrogen (secondary N) is 5. The Morgan fingerprint density at radius 3 is 2.30 bits per heavy atom. The van der Waals surface area contributed by atoms with Gasteiger partial charge in [0.05, 0.1) is 6.33 Å². The minimum absolute atomic E-state index is 0.123. The maximum Gasteiger partial charge on any atom is 0.342 e. The van der Waals surface area contributed by atoms with Gasteiger partial charge in [-0.1, -0.05) is 0 Å². The molecule has 3 amide bonds. The zero-order valence-electron chi connectivity index (χ0n) is 20.4. The third-order valence-electron chi connectivity index (χ3n) is 4.85. The fraction of sp³-hybridized carbons (Fsp3) is 0.292. The van der Waals surface area contributed by atoms with Crippen molar-refractivity contribution in [3.63, 3.8) is 0 Å². The number of amides is 3. The van der Waals surface area contributed by atoms with Crippen LogP contribution in [-0.4, -0.2) is 61.3 Å². The highest BCUT2D eigenvalue weighted by atomic mass is 16.4. The molecule has 13 nitrogen and oxygen atoms in total.